The monoisotopic (exact) mass is 416 g/mol. The predicted molar refractivity (Wildman–Crippen MR) is 114 cm³/mol. The number of ketones is 1. The van der Waals surface area contributed by atoms with Crippen molar-refractivity contribution in [3.63, 3.8) is 0 Å². The number of benzene rings is 1. The summed E-state index contributed by atoms with van der Waals surface area (Å²) in [5.41, 5.74) is 4.04. The SMILES string of the molecule is O=C1C2=C3C(=NC=CC3C(OCCCCn3ccnc3[N+](=O)[O-])C=C2)c2ccccc21. The zero-order valence-corrected chi connectivity index (χ0v) is 16.7. The van der Waals surface area contributed by atoms with Crippen LogP contribution in [-0.2, 0) is 11.3 Å². The molecule has 0 saturated carbocycles. The maximum absolute atomic E-state index is 13.0. The lowest BCUT2D eigenvalue weighted by molar-refractivity contribution is -0.396. The average molecular weight is 416 g/mol. The second-order valence-corrected chi connectivity index (χ2v) is 7.63. The quantitative estimate of drug-likeness (QED) is 0.390. The van der Waals surface area contributed by atoms with E-state index in [4.69, 9.17) is 4.74 Å². The molecule has 0 fully saturated rings. The number of carbonyl (C=O) groups is 1. The fraction of sp³-hybridized carbons (Fsp3) is 0.261. The summed E-state index contributed by atoms with van der Waals surface area (Å²) < 4.78 is 7.68. The highest BCUT2D eigenvalue weighted by Crippen LogP contribution is 2.39. The van der Waals surface area contributed by atoms with Gasteiger partial charge in [-0.1, -0.05) is 47.5 Å². The molecule has 2 atom stereocenters. The van der Waals surface area contributed by atoms with E-state index in [1.165, 1.54) is 10.8 Å². The van der Waals surface area contributed by atoms with Gasteiger partial charge in [-0.3, -0.25) is 9.79 Å². The van der Waals surface area contributed by atoms with Gasteiger partial charge in [-0.2, -0.15) is 0 Å². The molecule has 2 aromatic rings. The summed E-state index contributed by atoms with van der Waals surface area (Å²) in [6, 6.07) is 7.58. The van der Waals surface area contributed by atoms with Crippen molar-refractivity contribution in [1.82, 2.24) is 9.55 Å². The predicted octanol–water partition coefficient (Wildman–Crippen LogP) is 3.65. The van der Waals surface area contributed by atoms with E-state index in [1.807, 2.05) is 42.5 Å². The van der Waals surface area contributed by atoms with Gasteiger partial charge in [0.15, 0.2) is 5.78 Å². The van der Waals surface area contributed by atoms with Gasteiger partial charge in [-0.15, -0.1) is 0 Å². The first-order valence-corrected chi connectivity index (χ1v) is 10.2. The number of ether oxygens (including phenoxy) is 1. The smallest absolute Gasteiger partial charge is 0.390 e. The Morgan fingerprint density at radius 1 is 1.16 bits per heavy atom. The average Bonchev–Trinajstić information content (AvgIpc) is 3.26. The highest BCUT2D eigenvalue weighted by Gasteiger charge is 2.38. The lowest BCUT2D eigenvalue weighted by atomic mass is 9.73. The summed E-state index contributed by atoms with van der Waals surface area (Å²) in [7, 11) is 0. The molecule has 0 radical (unpaired) electrons. The maximum Gasteiger partial charge on any atom is 0.434 e. The van der Waals surface area contributed by atoms with Crippen LogP contribution in [0, 0.1) is 16.0 Å². The number of aliphatic imine (C=N–C) groups is 1. The Labute approximate surface area is 178 Å². The van der Waals surface area contributed by atoms with E-state index in [0.29, 0.717) is 24.3 Å². The molecule has 3 aliphatic rings. The van der Waals surface area contributed by atoms with Gasteiger partial charge < -0.3 is 14.9 Å². The van der Waals surface area contributed by atoms with Crippen LogP contribution in [0.25, 0.3) is 0 Å². The lowest BCUT2D eigenvalue weighted by Gasteiger charge is -2.35. The largest absolute Gasteiger partial charge is 0.434 e. The van der Waals surface area contributed by atoms with E-state index < -0.39 is 4.92 Å². The summed E-state index contributed by atoms with van der Waals surface area (Å²) in [4.78, 5) is 31.8. The van der Waals surface area contributed by atoms with Crippen molar-refractivity contribution >= 4 is 17.4 Å². The maximum atomic E-state index is 13.0. The van der Waals surface area contributed by atoms with Gasteiger partial charge >= 0.3 is 5.95 Å². The number of allylic oxidation sites excluding steroid dienone is 2. The molecular weight excluding hydrogens is 396 g/mol. The number of carbonyl (C=O) groups excluding carboxylic acids is 1. The summed E-state index contributed by atoms with van der Waals surface area (Å²) >= 11 is 0. The number of rotatable bonds is 7. The Kier molecular flexibility index (Phi) is 4.91. The molecule has 2 aliphatic carbocycles. The molecular formula is C23H20N4O4. The van der Waals surface area contributed by atoms with Crippen molar-refractivity contribution < 1.29 is 14.5 Å². The topological polar surface area (TPSA) is 99.6 Å². The number of hydrogen-bond donors (Lipinski definition) is 0. The highest BCUT2D eigenvalue weighted by molar-refractivity contribution is 6.30. The first kappa shape index (κ1) is 19.3. The number of nitrogens with zero attached hydrogens (tertiary/aromatic N) is 4. The van der Waals surface area contributed by atoms with Crippen molar-refractivity contribution in [2.24, 2.45) is 10.9 Å². The number of unbranched alkanes of at least 4 members (excludes halogenated alkanes) is 1. The van der Waals surface area contributed by atoms with E-state index in [0.717, 1.165) is 29.7 Å². The van der Waals surface area contributed by atoms with E-state index in [9.17, 15) is 14.9 Å². The van der Waals surface area contributed by atoms with Crippen molar-refractivity contribution in [1.29, 1.82) is 0 Å². The zero-order valence-electron chi connectivity index (χ0n) is 16.7. The molecule has 31 heavy (non-hydrogen) atoms. The molecule has 0 N–H and O–H groups in total. The molecule has 1 aliphatic heterocycles. The van der Waals surface area contributed by atoms with Crippen LogP contribution in [0.2, 0.25) is 0 Å². The van der Waals surface area contributed by atoms with Crippen LogP contribution in [0.4, 0.5) is 5.95 Å². The zero-order chi connectivity index (χ0) is 21.4. The molecule has 2 unspecified atom stereocenters. The Morgan fingerprint density at radius 2 is 2.00 bits per heavy atom. The van der Waals surface area contributed by atoms with Gasteiger partial charge in [0.1, 0.15) is 12.4 Å². The second-order valence-electron chi connectivity index (χ2n) is 7.63. The molecule has 0 bridgehead atoms. The third-order valence-electron chi connectivity index (χ3n) is 5.81. The normalized spacial score (nSPS) is 21.0. The van der Waals surface area contributed by atoms with Gasteiger partial charge in [0.2, 0.25) is 0 Å². The summed E-state index contributed by atoms with van der Waals surface area (Å²) in [5.74, 6) is -0.168. The molecule has 156 valence electrons. The van der Waals surface area contributed by atoms with Crippen LogP contribution in [0.5, 0.6) is 0 Å². The first-order chi connectivity index (χ1) is 15.1. The Balaban J connectivity index is 1.24. The second kappa shape index (κ2) is 7.88. The summed E-state index contributed by atoms with van der Waals surface area (Å²) in [5, 5.41) is 10.9. The minimum atomic E-state index is -0.479. The lowest BCUT2D eigenvalue weighted by Crippen LogP contribution is -2.35. The van der Waals surface area contributed by atoms with Gasteiger partial charge in [-0.25, -0.2) is 4.57 Å². The van der Waals surface area contributed by atoms with Crippen LogP contribution < -0.4 is 0 Å². The number of Topliss-reactive ketones (excluding diaryl/α,β-unsaturated/α-hetero) is 1. The van der Waals surface area contributed by atoms with Crippen molar-refractivity contribution in [3.8, 4) is 0 Å². The highest BCUT2D eigenvalue weighted by atomic mass is 16.6. The van der Waals surface area contributed by atoms with Gasteiger partial charge in [0.05, 0.1) is 18.4 Å². The van der Waals surface area contributed by atoms with Crippen LogP contribution in [0.15, 0.2) is 77.2 Å². The van der Waals surface area contributed by atoms with Crippen molar-refractivity contribution in [2.75, 3.05) is 6.61 Å². The molecule has 0 saturated heterocycles. The minimum Gasteiger partial charge on any atom is -0.390 e. The van der Waals surface area contributed by atoms with E-state index in [2.05, 4.69) is 9.98 Å². The Hall–Kier alpha value is -3.65. The number of nitro groups is 1. The van der Waals surface area contributed by atoms with Gasteiger partial charge in [0.25, 0.3) is 0 Å². The van der Waals surface area contributed by atoms with Crippen LogP contribution in [0.3, 0.4) is 0 Å². The number of aromatic nitrogens is 2. The fourth-order valence-electron chi connectivity index (χ4n) is 4.37. The summed E-state index contributed by atoms with van der Waals surface area (Å²) in [6.45, 7) is 1.03. The van der Waals surface area contributed by atoms with E-state index in [-0.39, 0.29) is 23.8 Å². The molecule has 8 nitrogen and oxygen atoms in total. The van der Waals surface area contributed by atoms with Gasteiger partial charge in [0, 0.05) is 35.4 Å². The number of imidazole rings is 1. The van der Waals surface area contributed by atoms with Crippen LogP contribution >= 0.6 is 0 Å². The molecule has 8 heteroatoms. The van der Waals surface area contributed by atoms with Gasteiger partial charge in [-0.05, 0) is 23.3 Å². The number of aryl methyl sites for hydroxylation is 1. The number of hydrogen-bond acceptors (Lipinski definition) is 6. The molecule has 0 spiro atoms. The van der Waals surface area contributed by atoms with Crippen LogP contribution in [-0.4, -0.2) is 38.7 Å². The standard InChI is InChI=1S/C23H20N4O4/c28-22-16-6-2-1-5-15(16)21-20-17(9-10-24-21)19(8-7-18(20)22)31-14-4-3-12-26-13-11-25-23(26)27(29)30/h1-2,5-11,13,17,19H,3-4,12,14H2. The minimum absolute atomic E-state index is 0.0291. The molecule has 2 heterocycles. The Morgan fingerprint density at radius 3 is 2.84 bits per heavy atom. The Bertz CT molecular complexity index is 1190. The van der Waals surface area contributed by atoms with E-state index in [1.54, 1.807) is 12.4 Å². The van der Waals surface area contributed by atoms with Crippen molar-refractivity contribution in [2.45, 2.75) is 25.5 Å². The van der Waals surface area contributed by atoms with E-state index >= 15 is 0 Å². The van der Waals surface area contributed by atoms with Crippen LogP contribution in [0.1, 0.15) is 28.8 Å². The summed E-state index contributed by atoms with van der Waals surface area (Å²) in [6.07, 6.45) is 12.0. The first-order valence-electron chi connectivity index (χ1n) is 10.2. The molecule has 1 aromatic carbocycles. The fourth-order valence-corrected chi connectivity index (χ4v) is 4.37. The molecule has 0 amide bonds. The third kappa shape index (κ3) is 3.34. The van der Waals surface area contributed by atoms with Crippen molar-refractivity contribution in [3.05, 3.63) is 93.5 Å². The molecule has 1 aromatic heterocycles. The molecule has 5 rings (SSSR count). The number of fused-ring (bicyclic) bond motifs is 2. The third-order valence-corrected chi connectivity index (χ3v) is 5.81.